The quantitative estimate of drug-likeness (QED) is 0.255. The fraction of sp³-hybridized carbons (Fsp3) is 0.0588. The molecule has 0 radical (unpaired) electrons. The van der Waals surface area contributed by atoms with E-state index < -0.39 is 22.7 Å². The molecule has 27 heavy (non-hydrogen) atoms. The zero-order chi connectivity index (χ0) is 19.6. The average molecular weight is 447 g/mol. The van der Waals surface area contributed by atoms with Crippen LogP contribution in [0.3, 0.4) is 0 Å². The molecule has 136 valence electrons. The number of aliphatic imine (C=N–C) groups is 1. The number of non-ortho nitro benzene ring substituents is 1. The van der Waals surface area contributed by atoms with Gasteiger partial charge in [-0.05, 0) is 48.6 Å². The second-order valence-corrected chi connectivity index (χ2v) is 6.78. The minimum absolute atomic E-state index is 0.00712. The van der Waals surface area contributed by atoms with E-state index in [9.17, 15) is 19.7 Å². The van der Waals surface area contributed by atoms with E-state index in [2.05, 4.69) is 26.2 Å². The van der Waals surface area contributed by atoms with E-state index in [1.165, 1.54) is 35.4 Å². The SMILES string of the molecule is O=C1NC(=S)N(c2ccc(Br)cc2)C(=O)[C@@H]1C=Nc1ccc([N+](=O)[O-])cc1. The van der Waals surface area contributed by atoms with Crippen LogP contribution in [0.5, 0.6) is 0 Å². The lowest BCUT2D eigenvalue weighted by Crippen LogP contribution is -2.58. The second kappa shape index (κ2) is 7.72. The molecule has 1 atom stereocenters. The number of nitrogens with zero attached hydrogens (tertiary/aromatic N) is 3. The Hall–Kier alpha value is -2.98. The van der Waals surface area contributed by atoms with Crippen LogP contribution >= 0.6 is 28.1 Å². The van der Waals surface area contributed by atoms with Crippen LogP contribution in [0.25, 0.3) is 0 Å². The summed E-state index contributed by atoms with van der Waals surface area (Å²) < 4.78 is 0.835. The number of nitro groups is 1. The van der Waals surface area contributed by atoms with Gasteiger partial charge in [0.1, 0.15) is 0 Å². The first-order valence-electron chi connectivity index (χ1n) is 7.60. The van der Waals surface area contributed by atoms with Crippen molar-refractivity contribution in [2.45, 2.75) is 0 Å². The lowest BCUT2D eigenvalue weighted by Gasteiger charge is -2.30. The van der Waals surface area contributed by atoms with Crippen LogP contribution in [0.4, 0.5) is 17.1 Å². The Morgan fingerprint density at radius 3 is 2.37 bits per heavy atom. The molecule has 2 aromatic rings. The number of rotatable bonds is 4. The van der Waals surface area contributed by atoms with Crippen LogP contribution in [-0.2, 0) is 9.59 Å². The Labute approximate surface area is 167 Å². The molecule has 1 aliphatic rings. The van der Waals surface area contributed by atoms with E-state index in [1.807, 2.05) is 0 Å². The molecule has 1 N–H and O–H groups in total. The van der Waals surface area contributed by atoms with Gasteiger partial charge in [-0.1, -0.05) is 15.9 Å². The highest BCUT2D eigenvalue weighted by molar-refractivity contribution is 9.10. The summed E-state index contributed by atoms with van der Waals surface area (Å²) in [7, 11) is 0. The van der Waals surface area contributed by atoms with Crippen LogP contribution in [-0.4, -0.2) is 28.1 Å². The zero-order valence-corrected chi connectivity index (χ0v) is 15.9. The predicted molar refractivity (Wildman–Crippen MR) is 107 cm³/mol. The normalized spacial score (nSPS) is 17.3. The highest BCUT2D eigenvalue weighted by atomic mass is 79.9. The third-order valence-electron chi connectivity index (χ3n) is 3.72. The maximum Gasteiger partial charge on any atom is 0.269 e. The molecule has 0 aliphatic carbocycles. The van der Waals surface area contributed by atoms with Gasteiger partial charge in [-0.15, -0.1) is 0 Å². The van der Waals surface area contributed by atoms with Crippen molar-refractivity contribution in [1.29, 1.82) is 0 Å². The molecular formula is C17H11BrN4O4S. The zero-order valence-electron chi connectivity index (χ0n) is 13.5. The van der Waals surface area contributed by atoms with Gasteiger partial charge in [-0.2, -0.15) is 0 Å². The van der Waals surface area contributed by atoms with Gasteiger partial charge in [-0.3, -0.25) is 29.6 Å². The third kappa shape index (κ3) is 4.07. The number of anilines is 1. The predicted octanol–water partition coefficient (Wildman–Crippen LogP) is 3.12. The first-order valence-corrected chi connectivity index (χ1v) is 8.80. The molecule has 0 saturated carbocycles. The van der Waals surface area contributed by atoms with E-state index in [0.717, 1.165) is 4.47 Å². The lowest BCUT2D eigenvalue weighted by atomic mass is 10.1. The maximum absolute atomic E-state index is 12.8. The van der Waals surface area contributed by atoms with Crippen molar-refractivity contribution >= 4 is 68.4 Å². The van der Waals surface area contributed by atoms with Gasteiger partial charge in [0.25, 0.3) is 11.6 Å². The largest absolute Gasteiger partial charge is 0.301 e. The molecule has 1 heterocycles. The van der Waals surface area contributed by atoms with Crippen molar-refractivity contribution in [3.8, 4) is 0 Å². The lowest BCUT2D eigenvalue weighted by molar-refractivity contribution is -0.384. The highest BCUT2D eigenvalue weighted by Gasteiger charge is 2.38. The van der Waals surface area contributed by atoms with Crippen molar-refractivity contribution in [2.75, 3.05) is 4.90 Å². The first-order chi connectivity index (χ1) is 12.9. The molecule has 1 aliphatic heterocycles. The van der Waals surface area contributed by atoms with Crippen LogP contribution < -0.4 is 10.2 Å². The fourth-order valence-electron chi connectivity index (χ4n) is 2.38. The number of carbonyl (C=O) groups is 2. The molecule has 1 fully saturated rings. The molecule has 0 spiro atoms. The number of hydrogen-bond acceptors (Lipinski definition) is 6. The first kappa shape index (κ1) is 18.8. The summed E-state index contributed by atoms with van der Waals surface area (Å²) in [4.78, 5) is 40.4. The molecule has 8 nitrogen and oxygen atoms in total. The topological polar surface area (TPSA) is 105 Å². The molecule has 0 aromatic heterocycles. The summed E-state index contributed by atoms with van der Waals surface area (Å²) in [6, 6.07) is 12.3. The Morgan fingerprint density at radius 2 is 1.78 bits per heavy atom. The van der Waals surface area contributed by atoms with Crippen molar-refractivity contribution < 1.29 is 14.5 Å². The number of thiocarbonyl (C=S) groups is 1. The molecule has 1 saturated heterocycles. The van der Waals surface area contributed by atoms with E-state index >= 15 is 0 Å². The number of carbonyl (C=O) groups excluding carboxylic acids is 2. The molecular weight excluding hydrogens is 436 g/mol. The second-order valence-electron chi connectivity index (χ2n) is 5.47. The van der Waals surface area contributed by atoms with Crippen molar-refractivity contribution in [3.63, 3.8) is 0 Å². The Balaban J connectivity index is 1.84. The van der Waals surface area contributed by atoms with Gasteiger partial charge < -0.3 is 5.32 Å². The molecule has 0 unspecified atom stereocenters. The van der Waals surface area contributed by atoms with Crippen LogP contribution in [0.1, 0.15) is 0 Å². The summed E-state index contributed by atoms with van der Waals surface area (Å²) in [5.41, 5.74) is 0.818. The van der Waals surface area contributed by atoms with Crippen LogP contribution in [0.15, 0.2) is 58.0 Å². The number of nitrogens with one attached hydrogen (secondary N) is 1. The van der Waals surface area contributed by atoms with E-state index in [4.69, 9.17) is 12.2 Å². The maximum atomic E-state index is 12.8. The molecule has 10 heteroatoms. The van der Waals surface area contributed by atoms with Crippen molar-refractivity contribution in [2.24, 2.45) is 10.9 Å². The van der Waals surface area contributed by atoms with E-state index in [1.54, 1.807) is 24.3 Å². The molecule has 0 bridgehead atoms. The number of halogens is 1. The summed E-state index contributed by atoms with van der Waals surface area (Å²) in [6.45, 7) is 0. The highest BCUT2D eigenvalue weighted by Crippen LogP contribution is 2.23. The number of benzene rings is 2. The Bertz CT molecular complexity index is 960. The minimum Gasteiger partial charge on any atom is -0.301 e. The van der Waals surface area contributed by atoms with Crippen LogP contribution in [0, 0.1) is 16.0 Å². The van der Waals surface area contributed by atoms with Gasteiger partial charge in [0, 0.05) is 22.8 Å². The van der Waals surface area contributed by atoms with Crippen molar-refractivity contribution in [1.82, 2.24) is 5.32 Å². The summed E-state index contributed by atoms with van der Waals surface area (Å²) in [5.74, 6) is -2.28. The molecule has 2 aromatic carbocycles. The number of hydrogen-bond donors (Lipinski definition) is 1. The van der Waals surface area contributed by atoms with E-state index in [-0.39, 0.29) is 10.8 Å². The van der Waals surface area contributed by atoms with Crippen molar-refractivity contribution in [3.05, 3.63) is 63.1 Å². The van der Waals surface area contributed by atoms with Gasteiger partial charge in [-0.25, -0.2) is 0 Å². The van der Waals surface area contributed by atoms with Crippen LogP contribution in [0.2, 0.25) is 0 Å². The fourth-order valence-corrected chi connectivity index (χ4v) is 2.94. The van der Waals surface area contributed by atoms with Gasteiger partial charge >= 0.3 is 0 Å². The Kier molecular flexibility index (Phi) is 5.38. The smallest absolute Gasteiger partial charge is 0.269 e. The summed E-state index contributed by atoms with van der Waals surface area (Å²) in [5, 5.41) is 13.2. The number of nitro benzene ring substituents is 1. The molecule has 2 amide bonds. The standard InChI is InChI=1S/C17H11BrN4O4S/c18-10-1-5-12(6-2-10)21-16(24)14(15(23)20-17(21)27)9-19-11-3-7-13(8-4-11)22(25)26/h1-9,14H,(H,20,23,27)/t14-/m1/s1. The summed E-state index contributed by atoms with van der Waals surface area (Å²) in [6.07, 6.45) is 1.20. The third-order valence-corrected chi connectivity index (χ3v) is 4.53. The average Bonchev–Trinajstić information content (AvgIpc) is 2.63. The van der Waals surface area contributed by atoms with Gasteiger partial charge in [0.05, 0.1) is 16.3 Å². The number of amides is 2. The summed E-state index contributed by atoms with van der Waals surface area (Å²) >= 11 is 8.43. The minimum atomic E-state index is -1.17. The molecule has 3 rings (SSSR count). The van der Waals surface area contributed by atoms with Gasteiger partial charge in [0.15, 0.2) is 11.0 Å². The van der Waals surface area contributed by atoms with E-state index in [0.29, 0.717) is 11.4 Å². The van der Waals surface area contributed by atoms with Gasteiger partial charge in [0.2, 0.25) is 5.91 Å². The monoisotopic (exact) mass is 446 g/mol. The Morgan fingerprint density at radius 1 is 1.15 bits per heavy atom.